The van der Waals surface area contributed by atoms with Gasteiger partial charge in [-0.25, -0.2) is 4.98 Å². The molecule has 0 atom stereocenters. The van der Waals surface area contributed by atoms with Gasteiger partial charge in [0.05, 0.1) is 5.69 Å². The molecule has 2 aliphatic rings. The van der Waals surface area contributed by atoms with E-state index < -0.39 is 0 Å². The summed E-state index contributed by atoms with van der Waals surface area (Å²) >= 11 is 1.73. The Morgan fingerprint density at radius 1 is 1.29 bits per heavy atom. The normalized spacial score (nSPS) is 24.5. The number of nitrogens with one attached hydrogen (secondary N) is 1. The molecule has 1 saturated heterocycles. The van der Waals surface area contributed by atoms with Crippen LogP contribution < -0.4 is 10.2 Å². The number of amides is 1. The Hall–Kier alpha value is -1.14. The number of thiazole rings is 1. The molecule has 1 saturated carbocycles. The van der Waals surface area contributed by atoms with Crippen molar-refractivity contribution >= 4 is 22.4 Å². The van der Waals surface area contributed by atoms with Crippen LogP contribution in [0.5, 0.6) is 0 Å². The summed E-state index contributed by atoms with van der Waals surface area (Å²) in [5.41, 5.74) is 1.11. The first-order valence-corrected chi connectivity index (χ1v) is 10.1. The molecule has 3 rings (SSSR count). The van der Waals surface area contributed by atoms with Crippen LogP contribution in [0.15, 0.2) is 5.38 Å². The topological polar surface area (TPSA) is 48.5 Å². The summed E-state index contributed by atoms with van der Waals surface area (Å²) < 4.78 is 0. The SMILES string of the molecule is CN(C)C1CCC(C(=O)NCCc2csc(N3CCCC3)n2)CC1. The predicted octanol–water partition coefficient (Wildman–Crippen LogP) is 2.52. The molecule has 134 valence electrons. The van der Waals surface area contributed by atoms with Gasteiger partial charge in [0, 0.05) is 43.4 Å². The molecule has 5 nitrogen and oxygen atoms in total. The number of aromatic nitrogens is 1. The highest BCUT2D eigenvalue weighted by Gasteiger charge is 2.26. The number of rotatable bonds is 6. The molecule has 0 bridgehead atoms. The summed E-state index contributed by atoms with van der Waals surface area (Å²) in [5, 5.41) is 6.41. The van der Waals surface area contributed by atoms with Gasteiger partial charge >= 0.3 is 0 Å². The molecule has 6 heteroatoms. The van der Waals surface area contributed by atoms with Crippen LogP contribution in [0.3, 0.4) is 0 Å². The first-order valence-electron chi connectivity index (χ1n) is 9.27. The van der Waals surface area contributed by atoms with E-state index in [1.54, 1.807) is 11.3 Å². The van der Waals surface area contributed by atoms with E-state index in [0.717, 1.165) is 56.0 Å². The van der Waals surface area contributed by atoms with Crippen molar-refractivity contribution in [1.82, 2.24) is 15.2 Å². The molecule has 1 aromatic rings. The van der Waals surface area contributed by atoms with Gasteiger partial charge in [0.25, 0.3) is 0 Å². The Balaban J connectivity index is 1.38. The maximum absolute atomic E-state index is 12.3. The van der Waals surface area contributed by atoms with Crippen molar-refractivity contribution in [2.24, 2.45) is 5.92 Å². The zero-order chi connectivity index (χ0) is 16.9. The summed E-state index contributed by atoms with van der Waals surface area (Å²) in [6, 6.07) is 0.646. The zero-order valence-electron chi connectivity index (χ0n) is 15.0. The van der Waals surface area contributed by atoms with Crippen molar-refractivity contribution in [3.05, 3.63) is 11.1 Å². The molecule has 2 heterocycles. The van der Waals surface area contributed by atoms with Crippen LogP contribution in [0.4, 0.5) is 5.13 Å². The third-order valence-electron chi connectivity index (χ3n) is 5.39. The predicted molar refractivity (Wildman–Crippen MR) is 99.7 cm³/mol. The molecule has 0 unspecified atom stereocenters. The van der Waals surface area contributed by atoms with Gasteiger partial charge in [-0.1, -0.05) is 0 Å². The minimum atomic E-state index is 0.205. The summed E-state index contributed by atoms with van der Waals surface area (Å²) in [6.45, 7) is 2.98. The highest BCUT2D eigenvalue weighted by Crippen LogP contribution is 2.27. The second-order valence-corrected chi connectivity index (χ2v) is 8.16. The lowest BCUT2D eigenvalue weighted by Crippen LogP contribution is -2.38. The summed E-state index contributed by atoms with van der Waals surface area (Å²) in [4.78, 5) is 21.7. The Labute approximate surface area is 149 Å². The lowest BCUT2D eigenvalue weighted by atomic mass is 9.85. The van der Waals surface area contributed by atoms with Crippen molar-refractivity contribution in [3.63, 3.8) is 0 Å². The summed E-state index contributed by atoms with van der Waals surface area (Å²) in [5.74, 6) is 0.444. The lowest BCUT2D eigenvalue weighted by Gasteiger charge is -2.31. The number of anilines is 1. The van der Waals surface area contributed by atoms with Gasteiger partial charge < -0.3 is 15.1 Å². The monoisotopic (exact) mass is 350 g/mol. The van der Waals surface area contributed by atoms with E-state index in [-0.39, 0.29) is 11.8 Å². The Bertz CT molecular complexity index is 531. The maximum atomic E-state index is 12.3. The number of carbonyl (C=O) groups is 1. The first kappa shape index (κ1) is 17.7. The first-order chi connectivity index (χ1) is 11.6. The fraction of sp³-hybridized carbons (Fsp3) is 0.778. The fourth-order valence-electron chi connectivity index (χ4n) is 3.78. The van der Waals surface area contributed by atoms with Crippen LogP contribution in [-0.4, -0.2) is 55.6 Å². The number of hydrogen-bond donors (Lipinski definition) is 1. The van der Waals surface area contributed by atoms with Gasteiger partial charge in [-0.2, -0.15) is 0 Å². The maximum Gasteiger partial charge on any atom is 0.223 e. The van der Waals surface area contributed by atoms with Crippen molar-refractivity contribution in [1.29, 1.82) is 0 Å². The molecule has 2 fully saturated rings. The molecule has 1 amide bonds. The van der Waals surface area contributed by atoms with Gasteiger partial charge in [0.1, 0.15) is 0 Å². The largest absolute Gasteiger partial charge is 0.355 e. The van der Waals surface area contributed by atoms with Crippen molar-refractivity contribution in [2.45, 2.75) is 51.0 Å². The van der Waals surface area contributed by atoms with Crippen LogP contribution in [0.25, 0.3) is 0 Å². The van der Waals surface area contributed by atoms with Gasteiger partial charge in [-0.15, -0.1) is 11.3 Å². The standard InChI is InChI=1S/C18H30N4OS/c1-21(2)16-7-5-14(6-8-16)17(23)19-10-9-15-13-24-18(20-15)22-11-3-4-12-22/h13-14,16H,3-12H2,1-2H3,(H,19,23). The number of carbonyl (C=O) groups excluding carboxylic acids is 1. The zero-order valence-corrected chi connectivity index (χ0v) is 15.8. The van der Waals surface area contributed by atoms with Crippen LogP contribution in [0, 0.1) is 5.92 Å². The average molecular weight is 351 g/mol. The molecule has 1 aliphatic carbocycles. The minimum Gasteiger partial charge on any atom is -0.355 e. The highest BCUT2D eigenvalue weighted by molar-refractivity contribution is 7.13. The van der Waals surface area contributed by atoms with E-state index in [2.05, 4.69) is 34.6 Å². The van der Waals surface area contributed by atoms with Crippen LogP contribution in [0.1, 0.15) is 44.2 Å². The molecular weight excluding hydrogens is 320 g/mol. The molecule has 24 heavy (non-hydrogen) atoms. The smallest absolute Gasteiger partial charge is 0.223 e. The Kier molecular flexibility index (Phi) is 6.11. The number of hydrogen-bond acceptors (Lipinski definition) is 5. The summed E-state index contributed by atoms with van der Waals surface area (Å²) in [6.07, 6.45) is 7.70. The molecular formula is C18H30N4OS. The minimum absolute atomic E-state index is 0.205. The van der Waals surface area contributed by atoms with Crippen molar-refractivity contribution in [3.8, 4) is 0 Å². The van der Waals surface area contributed by atoms with E-state index in [1.807, 2.05) is 0 Å². The van der Waals surface area contributed by atoms with E-state index in [4.69, 9.17) is 4.98 Å². The molecule has 1 N–H and O–H groups in total. The Morgan fingerprint density at radius 3 is 2.67 bits per heavy atom. The molecule has 1 aliphatic heterocycles. The summed E-state index contributed by atoms with van der Waals surface area (Å²) in [7, 11) is 4.27. The Morgan fingerprint density at radius 2 is 2.00 bits per heavy atom. The second kappa shape index (κ2) is 8.30. The lowest BCUT2D eigenvalue weighted by molar-refractivity contribution is -0.126. The van der Waals surface area contributed by atoms with E-state index in [1.165, 1.54) is 12.8 Å². The fourth-order valence-corrected chi connectivity index (χ4v) is 4.69. The number of nitrogens with zero attached hydrogens (tertiary/aromatic N) is 3. The highest BCUT2D eigenvalue weighted by atomic mass is 32.1. The van der Waals surface area contributed by atoms with Gasteiger partial charge in [0.15, 0.2) is 5.13 Å². The van der Waals surface area contributed by atoms with Crippen molar-refractivity contribution in [2.75, 3.05) is 38.6 Å². The van der Waals surface area contributed by atoms with Crippen LogP contribution >= 0.6 is 11.3 Å². The van der Waals surface area contributed by atoms with E-state index in [0.29, 0.717) is 12.6 Å². The van der Waals surface area contributed by atoms with E-state index >= 15 is 0 Å². The molecule has 1 aromatic heterocycles. The molecule has 0 aromatic carbocycles. The van der Waals surface area contributed by atoms with E-state index in [9.17, 15) is 4.79 Å². The van der Waals surface area contributed by atoms with Gasteiger partial charge in [0.2, 0.25) is 5.91 Å². The third kappa shape index (κ3) is 4.48. The third-order valence-corrected chi connectivity index (χ3v) is 6.34. The van der Waals surface area contributed by atoms with Gasteiger partial charge in [-0.05, 0) is 52.6 Å². The average Bonchev–Trinajstić information content (AvgIpc) is 3.26. The van der Waals surface area contributed by atoms with Crippen LogP contribution in [0.2, 0.25) is 0 Å². The van der Waals surface area contributed by atoms with Crippen LogP contribution in [-0.2, 0) is 11.2 Å². The second-order valence-electron chi connectivity index (χ2n) is 7.33. The van der Waals surface area contributed by atoms with Crippen molar-refractivity contribution < 1.29 is 4.79 Å². The van der Waals surface area contributed by atoms with Gasteiger partial charge in [-0.3, -0.25) is 4.79 Å². The quantitative estimate of drug-likeness (QED) is 0.856. The molecule has 0 spiro atoms. The molecule has 0 radical (unpaired) electrons.